The van der Waals surface area contributed by atoms with Crippen molar-refractivity contribution in [1.29, 1.82) is 0 Å². The van der Waals surface area contributed by atoms with Gasteiger partial charge in [0.05, 0.1) is 6.21 Å². The van der Waals surface area contributed by atoms with Crippen molar-refractivity contribution in [3.8, 4) is 5.88 Å². The normalized spacial score (nSPS) is 10.6. The van der Waals surface area contributed by atoms with E-state index in [9.17, 15) is 14.7 Å². The van der Waals surface area contributed by atoms with Gasteiger partial charge in [-0.2, -0.15) is 5.10 Å². The van der Waals surface area contributed by atoms with Crippen molar-refractivity contribution in [3.63, 3.8) is 0 Å². The molecule has 0 saturated carbocycles. The maximum absolute atomic E-state index is 11.6. The molecule has 0 radical (unpaired) electrons. The van der Waals surface area contributed by atoms with Gasteiger partial charge in [-0.1, -0.05) is 0 Å². The van der Waals surface area contributed by atoms with Crippen LogP contribution in [0.4, 0.5) is 0 Å². The number of aromatic nitrogens is 3. The van der Waals surface area contributed by atoms with Crippen LogP contribution >= 0.6 is 12.2 Å². The Balaban J connectivity index is 2.14. The molecule has 102 valence electrons. The van der Waals surface area contributed by atoms with Gasteiger partial charge in [0.25, 0.3) is 11.5 Å². The lowest BCUT2D eigenvalue weighted by atomic mass is 10.3. The fourth-order valence-electron chi connectivity index (χ4n) is 1.33. The molecule has 0 unspecified atom stereocenters. The lowest BCUT2D eigenvalue weighted by Gasteiger charge is -1.99. The number of aromatic amines is 2. The highest BCUT2D eigenvalue weighted by Gasteiger charge is 2.05. The van der Waals surface area contributed by atoms with Gasteiger partial charge in [-0.15, -0.1) is 0 Å². The van der Waals surface area contributed by atoms with Crippen LogP contribution in [0.15, 0.2) is 34.4 Å². The summed E-state index contributed by atoms with van der Waals surface area (Å²) in [4.78, 5) is 31.5. The Morgan fingerprint density at radius 2 is 2.10 bits per heavy atom. The van der Waals surface area contributed by atoms with Gasteiger partial charge < -0.3 is 10.1 Å². The number of hydrogen-bond donors (Lipinski definition) is 4. The van der Waals surface area contributed by atoms with E-state index in [0.717, 1.165) is 6.21 Å². The summed E-state index contributed by atoms with van der Waals surface area (Å²) >= 11 is 4.67. The van der Waals surface area contributed by atoms with Gasteiger partial charge in [0.1, 0.15) is 5.56 Å². The van der Waals surface area contributed by atoms with E-state index >= 15 is 0 Å². The Bertz CT molecular complexity index is 766. The molecular formula is C11H9N5O3S. The standard InChI is InChI=1S/C11H9N5O3S/c17-8(6-1-3-12-4-2-6)16-13-5-7-9(18)14-11(20)15-10(7)19/h1-5H,(H,16,17)(H3,14,15,18,19,20)/b13-5+. The van der Waals surface area contributed by atoms with Crippen LogP contribution in [0.2, 0.25) is 0 Å². The van der Waals surface area contributed by atoms with Gasteiger partial charge in [0.2, 0.25) is 5.88 Å². The first-order chi connectivity index (χ1) is 9.58. The minimum absolute atomic E-state index is 0.00882. The van der Waals surface area contributed by atoms with Gasteiger partial charge in [0, 0.05) is 18.0 Å². The maximum Gasteiger partial charge on any atom is 0.271 e. The third-order valence-corrected chi connectivity index (χ3v) is 2.47. The van der Waals surface area contributed by atoms with Crippen LogP contribution in [0.25, 0.3) is 0 Å². The SMILES string of the molecule is O=C(N/N=C/c1c(O)[nH]c(=S)[nH]c1=O)c1ccncc1. The lowest BCUT2D eigenvalue weighted by Crippen LogP contribution is -2.19. The number of hydrogen-bond acceptors (Lipinski definition) is 6. The highest BCUT2D eigenvalue weighted by molar-refractivity contribution is 7.71. The Labute approximate surface area is 117 Å². The van der Waals surface area contributed by atoms with Gasteiger partial charge >= 0.3 is 0 Å². The van der Waals surface area contributed by atoms with Crippen molar-refractivity contribution in [1.82, 2.24) is 20.4 Å². The molecule has 2 aromatic heterocycles. The number of carbonyl (C=O) groups excluding carboxylic acids is 1. The number of nitrogens with one attached hydrogen (secondary N) is 3. The zero-order valence-corrected chi connectivity index (χ0v) is 10.8. The van der Waals surface area contributed by atoms with E-state index in [2.05, 4.69) is 37.7 Å². The van der Waals surface area contributed by atoms with Crippen LogP contribution in [-0.2, 0) is 0 Å². The number of aromatic hydroxyl groups is 1. The molecule has 0 fully saturated rings. The minimum Gasteiger partial charge on any atom is -0.494 e. The van der Waals surface area contributed by atoms with Crippen molar-refractivity contribution < 1.29 is 9.90 Å². The summed E-state index contributed by atoms with van der Waals surface area (Å²) in [7, 11) is 0. The van der Waals surface area contributed by atoms with Crippen LogP contribution in [0.5, 0.6) is 5.88 Å². The molecule has 8 nitrogen and oxygen atoms in total. The van der Waals surface area contributed by atoms with Gasteiger partial charge in [0.15, 0.2) is 4.77 Å². The fraction of sp³-hybridized carbons (Fsp3) is 0. The molecule has 0 aliphatic carbocycles. The van der Waals surface area contributed by atoms with Crippen molar-refractivity contribution in [2.75, 3.05) is 0 Å². The molecule has 4 N–H and O–H groups in total. The first-order valence-corrected chi connectivity index (χ1v) is 5.78. The Kier molecular flexibility index (Phi) is 4.01. The molecule has 0 bridgehead atoms. The zero-order chi connectivity index (χ0) is 14.5. The third-order valence-electron chi connectivity index (χ3n) is 2.26. The summed E-state index contributed by atoms with van der Waals surface area (Å²) in [6.45, 7) is 0. The van der Waals surface area contributed by atoms with Crippen LogP contribution < -0.4 is 11.0 Å². The molecule has 0 saturated heterocycles. The topological polar surface area (TPSA) is 123 Å². The average Bonchev–Trinajstić information content (AvgIpc) is 2.42. The third kappa shape index (κ3) is 3.14. The smallest absolute Gasteiger partial charge is 0.271 e. The van der Waals surface area contributed by atoms with Crippen molar-refractivity contribution in [2.24, 2.45) is 5.10 Å². The highest BCUT2D eigenvalue weighted by atomic mass is 32.1. The molecule has 0 aliphatic heterocycles. The van der Waals surface area contributed by atoms with Crippen molar-refractivity contribution >= 4 is 24.3 Å². The molecule has 9 heteroatoms. The minimum atomic E-state index is -0.617. The van der Waals surface area contributed by atoms with E-state index in [1.807, 2.05) is 0 Å². The molecule has 0 spiro atoms. The Hall–Kier alpha value is -2.81. The van der Waals surface area contributed by atoms with E-state index in [1.165, 1.54) is 24.5 Å². The molecule has 0 aromatic carbocycles. The van der Waals surface area contributed by atoms with E-state index in [0.29, 0.717) is 5.56 Å². The molecule has 2 aromatic rings. The first kappa shape index (κ1) is 13.6. The number of rotatable bonds is 3. The molecule has 0 aliphatic rings. The quantitative estimate of drug-likeness (QED) is 0.368. The zero-order valence-electron chi connectivity index (χ0n) is 9.95. The summed E-state index contributed by atoms with van der Waals surface area (Å²) in [5.74, 6) is -0.899. The summed E-state index contributed by atoms with van der Waals surface area (Å²) in [6.07, 6.45) is 3.94. The van der Waals surface area contributed by atoms with Crippen LogP contribution in [0.1, 0.15) is 15.9 Å². The maximum atomic E-state index is 11.6. The second-order valence-corrected chi connectivity index (χ2v) is 4.01. The van der Waals surface area contributed by atoms with Gasteiger partial charge in [-0.05, 0) is 24.4 Å². The summed E-state index contributed by atoms with van der Waals surface area (Å²) in [5, 5.41) is 13.1. The number of carbonyl (C=O) groups is 1. The first-order valence-electron chi connectivity index (χ1n) is 5.37. The van der Waals surface area contributed by atoms with E-state index in [1.54, 1.807) is 0 Å². The van der Waals surface area contributed by atoms with Crippen molar-refractivity contribution in [2.45, 2.75) is 0 Å². The fourth-order valence-corrected chi connectivity index (χ4v) is 1.52. The van der Waals surface area contributed by atoms with Crippen LogP contribution in [0.3, 0.4) is 0 Å². The molecule has 1 amide bonds. The van der Waals surface area contributed by atoms with Crippen molar-refractivity contribution in [3.05, 3.63) is 50.8 Å². The predicted octanol–water partition coefficient (Wildman–Crippen LogP) is 0.297. The highest BCUT2D eigenvalue weighted by Crippen LogP contribution is 2.03. The summed E-state index contributed by atoms with van der Waals surface area (Å²) in [5.41, 5.74) is 1.82. The second kappa shape index (κ2) is 5.89. The van der Waals surface area contributed by atoms with Crippen LogP contribution in [-0.4, -0.2) is 32.2 Å². The number of nitrogens with zero attached hydrogens (tertiary/aromatic N) is 2. The number of amides is 1. The summed E-state index contributed by atoms with van der Waals surface area (Å²) in [6, 6.07) is 3.02. The van der Waals surface area contributed by atoms with Gasteiger partial charge in [-0.25, -0.2) is 5.43 Å². The number of hydrazone groups is 1. The predicted molar refractivity (Wildman–Crippen MR) is 73.2 cm³/mol. The monoisotopic (exact) mass is 291 g/mol. The lowest BCUT2D eigenvalue weighted by molar-refractivity contribution is 0.0955. The van der Waals surface area contributed by atoms with E-state index in [-0.39, 0.29) is 10.3 Å². The Morgan fingerprint density at radius 3 is 2.75 bits per heavy atom. The second-order valence-electron chi connectivity index (χ2n) is 3.61. The average molecular weight is 291 g/mol. The molecule has 2 rings (SSSR count). The molecule has 20 heavy (non-hydrogen) atoms. The van der Waals surface area contributed by atoms with Gasteiger partial charge in [-0.3, -0.25) is 19.6 Å². The molecule has 0 atom stereocenters. The van der Waals surface area contributed by atoms with E-state index < -0.39 is 17.3 Å². The number of H-pyrrole nitrogens is 2. The Morgan fingerprint density at radius 1 is 1.40 bits per heavy atom. The largest absolute Gasteiger partial charge is 0.494 e. The number of pyridine rings is 1. The summed E-state index contributed by atoms with van der Waals surface area (Å²) < 4.78 is -0.00882. The molecular weight excluding hydrogens is 282 g/mol. The van der Waals surface area contributed by atoms with Crippen LogP contribution in [0, 0.1) is 4.77 Å². The molecule has 2 heterocycles. The van der Waals surface area contributed by atoms with E-state index in [4.69, 9.17) is 0 Å².